The molecule has 4 heteroatoms. The second-order valence-electron chi connectivity index (χ2n) is 3.56. The first-order valence-corrected chi connectivity index (χ1v) is 7.26. The molecule has 1 atom stereocenters. The number of rotatable bonds is 2. The molecule has 80 valence electrons. The Balaban J connectivity index is 2.14. The molecule has 0 bridgehead atoms. The topological polar surface area (TPSA) is 34.1 Å². The van der Waals surface area contributed by atoms with Gasteiger partial charge in [-0.25, -0.2) is 8.42 Å². The standard InChI is InChI=1S/C11H12O2S2/c1-9-7-11(8-15(9,12)13)14-10-5-3-2-4-6-10/h2-7,9H,8H2,1H3. The van der Waals surface area contributed by atoms with Crippen molar-refractivity contribution in [3.63, 3.8) is 0 Å². The van der Waals surface area contributed by atoms with Gasteiger partial charge in [0.2, 0.25) is 0 Å². The number of hydrogen-bond acceptors (Lipinski definition) is 3. The van der Waals surface area contributed by atoms with Gasteiger partial charge in [0.15, 0.2) is 9.84 Å². The SMILES string of the molecule is CC1C=C(Sc2ccccc2)CS1(=O)=O. The first-order chi connectivity index (χ1) is 7.08. The zero-order valence-corrected chi connectivity index (χ0v) is 10.0. The summed E-state index contributed by atoms with van der Waals surface area (Å²) in [4.78, 5) is 2.03. The summed E-state index contributed by atoms with van der Waals surface area (Å²) in [6.07, 6.45) is 1.84. The van der Waals surface area contributed by atoms with E-state index >= 15 is 0 Å². The first kappa shape index (κ1) is 10.8. The van der Waals surface area contributed by atoms with Crippen LogP contribution in [0.15, 0.2) is 46.2 Å². The predicted octanol–water partition coefficient (Wildman–Crippen LogP) is 2.48. The molecular formula is C11H12O2S2. The van der Waals surface area contributed by atoms with Crippen LogP contribution in [0.3, 0.4) is 0 Å². The van der Waals surface area contributed by atoms with Crippen molar-refractivity contribution in [3.8, 4) is 0 Å². The lowest BCUT2D eigenvalue weighted by molar-refractivity contribution is 0.596. The lowest BCUT2D eigenvalue weighted by Crippen LogP contribution is -2.11. The zero-order chi connectivity index (χ0) is 10.9. The van der Waals surface area contributed by atoms with Crippen molar-refractivity contribution in [3.05, 3.63) is 41.3 Å². The molecule has 1 aliphatic heterocycles. The Kier molecular flexibility index (Phi) is 2.89. The van der Waals surface area contributed by atoms with Crippen molar-refractivity contribution in [1.29, 1.82) is 0 Å². The van der Waals surface area contributed by atoms with Crippen LogP contribution in [0.4, 0.5) is 0 Å². The lowest BCUT2D eigenvalue weighted by Gasteiger charge is -2.00. The number of benzene rings is 1. The Hall–Kier alpha value is -0.740. The quantitative estimate of drug-likeness (QED) is 0.796. The monoisotopic (exact) mass is 240 g/mol. The number of hydrogen-bond donors (Lipinski definition) is 0. The summed E-state index contributed by atoms with van der Waals surface area (Å²) in [5, 5.41) is -0.330. The average Bonchev–Trinajstić information content (AvgIpc) is 2.42. The molecule has 0 saturated carbocycles. The number of sulfone groups is 1. The molecule has 1 aromatic carbocycles. The highest BCUT2D eigenvalue weighted by Crippen LogP contribution is 2.32. The van der Waals surface area contributed by atoms with Crippen molar-refractivity contribution in [2.45, 2.75) is 17.1 Å². The fourth-order valence-electron chi connectivity index (χ4n) is 1.45. The van der Waals surface area contributed by atoms with E-state index in [2.05, 4.69) is 0 Å². The molecular weight excluding hydrogens is 228 g/mol. The summed E-state index contributed by atoms with van der Waals surface area (Å²) in [7, 11) is -2.91. The molecule has 0 aromatic heterocycles. The van der Waals surface area contributed by atoms with E-state index in [4.69, 9.17) is 0 Å². The normalized spacial score (nSPS) is 23.8. The van der Waals surface area contributed by atoms with Crippen LogP contribution in [0.2, 0.25) is 0 Å². The third-order valence-corrected chi connectivity index (χ3v) is 5.54. The van der Waals surface area contributed by atoms with Crippen LogP contribution in [-0.2, 0) is 9.84 Å². The van der Waals surface area contributed by atoms with E-state index in [1.54, 1.807) is 6.92 Å². The third kappa shape index (κ3) is 2.44. The second kappa shape index (κ2) is 4.02. The Bertz CT molecular complexity index is 475. The van der Waals surface area contributed by atoms with Gasteiger partial charge in [0, 0.05) is 9.80 Å². The minimum absolute atomic E-state index is 0.188. The molecule has 1 aromatic rings. The molecule has 1 unspecified atom stereocenters. The molecule has 1 aliphatic rings. The van der Waals surface area contributed by atoms with E-state index in [9.17, 15) is 8.42 Å². The third-order valence-electron chi connectivity index (χ3n) is 2.32. The van der Waals surface area contributed by atoms with Gasteiger partial charge in [-0.05, 0) is 19.1 Å². The van der Waals surface area contributed by atoms with E-state index < -0.39 is 9.84 Å². The van der Waals surface area contributed by atoms with E-state index in [1.807, 2.05) is 36.4 Å². The summed E-state index contributed by atoms with van der Waals surface area (Å²) in [5.74, 6) is 0.188. The van der Waals surface area contributed by atoms with Gasteiger partial charge in [0.05, 0.1) is 11.0 Å². The zero-order valence-electron chi connectivity index (χ0n) is 8.38. The van der Waals surface area contributed by atoms with Gasteiger partial charge in [-0.1, -0.05) is 36.0 Å². The van der Waals surface area contributed by atoms with Crippen LogP contribution in [0.1, 0.15) is 6.92 Å². The molecule has 15 heavy (non-hydrogen) atoms. The largest absolute Gasteiger partial charge is 0.228 e. The molecule has 0 saturated heterocycles. The van der Waals surface area contributed by atoms with E-state index in [-0.39, 0.29) is 11.0 Å². The van der Waals surface area contributed by atoms with Crippen molar-refractivity contribution in [2.24, 2.45) is 0 Å². The van der Waals surface area contributed by atoms with Gasteiger partial charge in [-0.15, -0.1) is 0 Å². The van der Waals surface area contributed by atoms with Crippen molar-refractivity contribution in [2.75, 3.05) is 5.75 Å². The summed E-state index contributed by atoms with van der Waals surface area (Å²) in [5.41, 5.74) is 0. The molecule has 0 fully saturated rings. The van der Waals surface area contributed by atoms with Crippen LogP contribution in [0.25, 0.3) is 0 Å². The predicted molar refractivity (Wildman–Crippen MR) is 63.6 cm³/mol. The van der Waals surface area contributed by atoms with Crippen LogP contribution < -0.4 is 0 Å². The highest BCUT2D eigenvalue weighted by Gasteiger charge is 2.27. The molecule has 0 amide bonds. The summed E-state index contributed by atoms with van der Waals surface area (Å²) in [6, 6.07) is 9.83. The molecule has 0 spiro atoms. The Morgan fingerprint density at radius 2 is 1.93 bits per heavy atom. The molecule has 2 rings (SSSR count). The van der Waals surface area contributed by atoms with Crippen molar-refractivity contribution < 1.29 is 8.42 Å². The first-order valence-electron chi connectivity index (χ1n) is 4.73. The van der Waals surface area contributed by atoms with Gasteiger partial charge in [-0.2, -0.15) is 0 Å². The highest BCUT2D eigenvalue weighted by molar-refractivity contribution is 8.05. The maximum absolute atomic E-state index is 11.5. The average molecular weight is 240 g/mol. The molecule has 0 N–H and O–H groups in total. The van der Waals surface area contributed by atoms with E-state index in [0.29, 0.717) is 0 Å². The molecule has 2 nitrogen and oxygen atoms in total. The van der Waals surface area contributed by atoms with Crippen LogP contribution in [0.5, 0.6) is 0 Å². The second-order valence-corrected chi connectivity index (χ2v) is 7.12. The van der Waals surface area contributed by atoms with Gasteiger partial charge >= 0.3 is 0 Å². The van der Waals surface area contributed by atoms with Gasteiger partial charge in [0.1, 0.15) is 0 Å². The van der Waals surface area contributed by atoms with Crippen LogP contribution in [0, 0.1) is 0 Å². The fourth-order valence-corrected chi connectivity index (χ4v) is 4.26. The molecule has 0 radical (unpaired) electrons. The lowest BCUT2D eigenvalue weighted by atomic mass is 10.4. The van der Waals surface area contributed by atoms with Crippen LogP contribution in [-0.4, -0.2) is 19.4 Å². The minimum atomic E-state index is -2.91. The van der Waals surface area contributed by atoms with Gasteiger partial charge < -0.3 is 0 Å². The minimum Gasteiger partial charge on any atom is -0.228 e. The number of thioether (sulfide) groups is 1. The smallest absolute Gasteiger partial charge is 0.161 e. The summed E-state index contributed by atoms with van der Waals surface area (Å²) < 4.78 is 23.0. The summed E-state index contributed by atoms with van der Waals surface area (Å²) in [6.45, 7) is 1.73. The fraction of sp³-hybridized carbons (Fsp3) is 0.273. The highest BCUT2D eigenvalue weighted by atomic mass is 32.2. The maximum atomic E-state index is 11.5. The molecule has 1 heterocycles. The van der Waals surface area contributed by atoms with Gasteiger partial charge in [-0.3, -0.25) is 0 Å². The van der Waals surface area contributed by atoms with Crippen molar-refractivity contribution >= 4 is 21.6 Å². The Labute approximate surface area is 94.3 Å². The van der Waals surface area contributed by atoms with Crippen molar-refractivity contribution in [1.82, 2.24) is 0 Å². The van der Waals surface area contributed by atoms with E-state index in [1.165, 1.54) is 11.8 Å². The Morgan fingerprint density at radius 1 is 1.27 bits per heavy atom. The summed E-state index contributed by atoms with van der Waals surface area (Å²) >= 11 is 1.54. The maximum Gasteiger partial charge on any atom is 0.161 e. The van der Waals surface area contributed by atoms with Crippen LogP contribution >= 0.6 is 11.8 Å². The van der Waals surface area contributed by atoms with Gasteiger partial charge in [0.25, 0.3) is 0 Å². The van der Waals surface area contributed by atoms with E-state index in [0.717, 1.165) is 9.80 Å². The Morgan fingerprint density at radius 3 is 2.47 bits per heavy atom. The molecule has 0 aliphatic carbocycles.